The minimum atomic E-state index is -0.243. The second-order valence-electron chi connectivity index (χ2n) is 5.77. The van der Waals surface area contributed by atoms with Gasteiger partial charge in [0.2, 0.25) is 0 Å². The lowest BCUT2D eigenvalue weighted by Crippen LogP contribution is -2.43. The first-order valence-corrected chi connectivity index (χ1v) is 7.24. The second-order valence-corrected chi connectivity index (χ2v) is 5.77. The Hall–Kier alpha value is -1.56. The van der Waals surface area contributed by atoms with E-state index in [1.807, 2.05) is 4.90 Å². The fourth-order valence-electron chi connectivity index (χ4n) is 3.00. The van der Waals surface area contributed by atoms with Gasteiger partial charge < -0.3 is 14.5 Å². The predicted octanol–water partition coefficient (Wildman–Crippen LogP) is 1.89. The van der Waals surface area contributed by atoms with Crippen molar-refractivity contribution in [1.82, 2.24) is 14.9 Å². The smallest absolute Gasteiger partial charge is 0.410 e. The first kappa shape index (κ1) is 13.4. The summed E-state index contributed by atoms with van der Waals surface area (Å²) in [5.41, 5.74) is 2.11. The van der Waals surface area contributed by atoms with Crippen molar-refractivity contribution in [3.05, 3.63) is 17.7 Å². The Kier molecular flexibility index (Phi) is 3.65. The quantitative estimate of drug-likeness (QED) is 0.897. The van der Waals surface area contributed by atoms with Crippen molar-refractivity contribution < 1.29 is 14.3 Å². The fourth-order valence-corrected chi connectivity index (χ4v) is 3.00. The van der Waals surface area contributed by atoms with Crippen LogP contribution < -0.4 is 0 Å². The van der Waals surface area contributed by atoms with Crippen LogP contribution in [0.2, 0.25) is 0 Å². The Bertz CT molecular complexity index is 480. The Balaban J connectivity index is 1.76. The Morgan fingerprint density at radius 2 is 2.45 bits per heavy atom. The van der Waals surface area contributed by atoms with E-state index in [1.54, 1.807) is 6.33 Å². The van der Waals surface area contributed by atoms with Crippen LogP contribution in [0, 0.1) is 5.92 Å². The molecule has 2 aliphatic rings. The van der Waals surface area contributed by atoms with Crippen LogP contribution in [0.1, 0.15) is 37.7 Å². The molecule has 110 valence electrons. The highest BCUT2D eigenvalue weighted by atomic mass is 16.6. The Morgan fingerprint density at radius 3 is 3.15 bits per heavy atom. The molecular formula is C14H21N3O3. The number of aromatic nitrogens is 2. The van der Waals surface area contributed by atoms with E-state index in [-0.39, 0.29) is 18.2 Å². The van der Waals surface area contributed by atoms with Gasteiger partial charge in [0.15, 0.2) is 0 Å². The summed E-state index contributed by atoms with van der Waals surface area (Å²) in [5, 5.41) is 0. The fraction of sp³-hybridized carbons (Fsp3) is 0.714. The third-order valence-electron chi connectivity index (χ3n) is 3.99. The van der Waals surface area contributed by atoms with Crippen LogP contribution in [0.4, 0.5) is 4.79 Å². The summed E-state index contributed by atoms with van der Waals surface area (Å²) in [5.74, 6) is 0.296. The number of aromatic amines is 1. The topological polar surface area (TPSA) is 67.5 Å². The normalized spacial score (nSPS) is 25.9. The predicted molar refractivity (Wildman–Crippen MR) is 72.3 cm³/mol. The molecular weight excluding hydrogens is 258 g/mol. The van der Waals surface area contributed by atoms with Gasteiger partial charge in [-0.15, -0.1) is 0 Å². The minimum absolute atomic E-state index is 0.0141. The highest BCUT2D eigenvalue weighted by Gasteiger charge is 2.36. The number of fused-ring (bicyclic) bond motifs is 1. The molecule has 0 radical (unpaired) electrons. The molecule has 0 aromatic carbocycles. The molecule has 0 aliphatic carbocycles. The van der Waals surface area contributed by atoms with Crippen molar-refractivity contribution >= 4 is 6.09 Å². The summed E-state index contributed by atoms with van der Waals surface area (Å²) < 4.78 is 10.8. The van der Waals surface area contributed by atoms with Crippen LogP contribution in [0.3, 0.4) is 0 Å². The summed E-state index contributed by atoms with van der Waals surface area (Å²) >= 11 is 0. The third kappa shape index (κ3) is 2.40. The number of imidazole rings is 1. The zero-order valence-electron chi connectivity index (χ0n) is 12.0. The molecule has 1 fully saturated rings. The molecule has 0 saturated carbocycles. The van der Waals surface area contributed by atoms with E-state index in [1.165, 1.54) is 0 Å². The zero-order valence-corrected chi connectivity index (χ0v) is 12.0. The van der Waals surface area contributed by atoms with E-state index in [0.29, 0.717) is 25.7 Å². The molecule has 3 heterocycles. The number of hydrogen-bond acceptors (Lipinski definition) is 4. The lowest BCUT2D eigenvalue weighted by molar-refractivity contribution is 0.0344. The first-order valence-electron chi connectivity index (χ1n) is 7.24. The molecule has 1 amide bonds. The van der Waals surface area contributed by atoms with Gasteiger partial charge in [0, 0.05) is 25.1 Å². The highest BCUT2D eigenvalue weighted by Crippen LogP contribution is 2.33. The maximum atomic E-state index is 12.4. The molecule has 6 nitrogen and oxygen atoms in total. The summed E-state index contributed by atoms with van der Waals surface area (Å²) in [4.78, 5) is 21.8. The van der Waals surface area contributed by atoms with Crippen LogP contribution in [0.5, 0.6) is 0 Å². The molecule has 0 bridgehead atoms. The van der Waals surface area contributed by atoms with Crippen molar-refractivity contribution in [2.24, 2.45) is 5.92 Å². The standard InChI is InChI=1S/C14H21N3O3/c1-9(2)13-12-11(15-8-16-12)3-5-17(13)14(18)20-10-4-6-19-7-10/h8-10,13H,3-7H2,1-2H3,(H,15,16)/t10?,13-/m0/s1. The van der Waals surface area contributed by atoms with Gasteiger partial charge in [-0.3, -0.25) is 4.90 Å². The molecule has 3 rings (SSSR count). The number of amides is 1. The number of rotatable bonds is 2. The van der Waals surface area contributed by atoms with Gasteiger partial charge >= 0.3 is 6.09 Å². The monoisotopic (exact) mass is 279 g/mol. The average molecular weight is 279 g/mol. The van der Waals surface area contributed by atoms with E-state index >= 15 is 0 Å². The molecule has 6 heteroatoms. The minimum Gasteiger partial charge on any atom is -0.444 e. The molecule has 2 atom stereocenters. The molecule has 2 aliphatic heterocycles. The Morgan fingerprint density at radius 1 is 1.60 bits per heavy atom. The van der Waals surface area contributed by atoms with E-state index in [0.717, 1.165) is 24.2 Å². The highest BCUT2D eigenvalue weighted by molar-refractivity contribution is 5.69. The SMILES string of the molecule is CC(C)[C@H]1c2nc[nH]c2CCN1C(=O)OC1CCOC1. The number of hydrogen-bond donors (Lipinski definition) is 1. The summed E-state index contributed by atoms with van der Waals surface area (Å²) in [6.07, 6.45) is 2.96. The van der Waals surface area contributed by atoms with E-state index in [9.17, 15) is 4.79 Å². The number of H-pyrrole nitrogens is 1. The van der Waals surface area contributed by atoms with Crippen molar-refractivity contribution in [3.8, 4) is 0 Å². The van der Waals surface area contributed by atoms with Gasteiger partial charge in [-0.1, -0.05) is 13.8 Å². The lowest BCUT2D eigenvalue weighted by Gasteiger charge is -2.36. The van der Waals surface area contributed by atoms with Gasteiger partial charge in [-0.25, -0.2) is 9.78 Å². The Labute approximate surface area is 118 Å². The third-order valence-corrected chi connectivity index (χ3v) is 3.99. The summed E-state index contributed by atoms with van der Waals surface area (Å²) in [6, 6.07) is -0.0141. The summed E-state index contributed by atoms with van der Waals surface area (Å²) in [6.45, 7) is 6.07. The average Bonchev–Trinajstić information content (AvgIpc) is 3.06. The van der Waals surface area contributed by atoms with Crippen molar-refractivity contribution in [3.63, 3.8) is 0 Å². The van der Waals surface area contributed by atoms with Crippen molar-refractivity contribution in [2.45, 2.75) is 38.8 Å². The number of carbonyl (C=O) groups excluding carboxylic acids is 1. The van der Waals surface area contributed by atoms with E-state index < -0.39 is 0 Å². The van der Waals surface area contributed by atoms with E-state index in [2.05, 4.69) is 23.8 Å². The van der Waals surface area contributed by atoms with E-state index in [4.69, 9.17) is 9.47 Å². The maximum absolute atomic E-state index is 12.4. The maximum Gasteiger partial charge on any atom is 0.410 e. The van der Waals surface area contributed by atoms with Gasteiger partial charge in [0.1, 0.15) is 6.10 Å². The number of ether oxygens (including phenoxy) is 2. The summed E-state index contributed by atoms with van der Waals surface area (Å²) in [7, 11) is 0. The molecule has 0 spiro atoms. The number of nitrogens with one attached hydrogen (secondary N) is 1. The number of carbonyl (C=O) groups is 1. The molecule has 20 heavy (non-hydrogen) atoms. The number of nitrogens with zero attached hydrogens (tertiary/aromatic N) is 2. The largest absolute Gasteiger partial charge is 0.444 e. The lowest BCUT2D eigenvalue weighted by atomic mass is 9.94. The molecule has 1 N–H and O–H groups in total. The van der Waals surface area contributed by atoms with Gasteiger partial charge in [-0.2, -0.15) is 0 Å². The zero-order chi connectivity index (χ0) is 14.1. The van der Waals surface area contributed by atoms with Crippen LogP contribution >= 0.6 is 0 Å². The van der Waals surface area contributed by atoms with Crippen LogP contribution in [-0.4, -0.2) is 46.8 Å². The van der Waals surface area contributed by atoms with Gasteiger partial charge in [0.25, 0.3) is 0 Å². The van der Waals surface area contributed by atoms with Crippen LogP contribution in [-0.2, 0) is 15.9 Å². The molecule has 1 unspecified atom stereocenters. The van der Waals surface area contributed by atoms with Gasteiger partial charge in [-0.05, 0) is 5.92 Å². The van der Waals surface area contributed by atoms with Crippen molar-refractivity contribution in [1.29, 1.82) is 0 Å². The molecule has 1 aromatic rings. The van der Waals surface area contributed by atoms with Crippen LogP contribution in [0.15, 0.2) is 6.33 Å². The second kappa shape index (κ2) is 5.44. The molecule has 1 saturated heterocycles. The molecule has 1 aromatic heterocycles. The van der Waals surface area contributed by atoms with Crippen molar-refractivity contribution in [2.75, 3.05) is 19.8 Å². The first-order chi connectivity index (χ1) is 9.66. The van der Waals surface area contributed by atoms with Gasteiger partial charge in [0.05, 0.1) is 31.3 Å². The van der Waals surface area contributed by atoms with Crippen LogP contribution in [0.25, 0.3) is 0 Å².